The molecule has 2 rings (SSSR count). The van der Waals surface area contributed by atoms with Gasteiger partial charge in [-0.1, -0.05) is 18.2 Å². The van der Waals surface area contributed by atoms with E-state index < -0.39 is 17.7 Å². The van der Waals surface area contributed by atoms with E-state index in [1.807, 2.05) is 0 Å². The van der Waals surface area contributed by atoms with E-state index in [1.165, 1.54) is 18.2 Å². The van der Waals surface area contributed by atoms with Gasteiger partial charge in [-0.3, -0.25) is 0 Å². The molecule has 0 fully saturated rings. The maximum Gasteiger partial charge on any atom is 0.129 e. The van der Waals surface area contributed by atoms with Gasteiger partial charge in [-0.15, -0.1) is 0 Å². The van der Waals surface area contributed by atoms with Crippen LogP contribution in [-0.4, -0.2) is 5.11 Å². The average Bonchev–Trinajstić information content (AvgIpc) is 2.34. The third-order valence-corrected chi connectivity index (χ3v) is 2.78. The lowest BCUT2D eigenvalue weighted by molar-refractivity contribution is 0.175. The van der Waals surface area contributed by atoms with E-state index in [-0.39, 0.29) is 12.0 Å². The van der Waals surface area contributed by atoms with Crippen LogP contribution in [0.1, 0.15) is 17.2 Å². The van der Waals surface area contributed by atoms with Crippen LogP contribution in [0.5, 0.6) is 0 Å². The van der Waals surface area contributed by atoms with Crippen molar-refractivity contribution in [1.82, 2.24) is 0 Å². The van der Waals surface area contributed by atoms with Crippen LogP contribution < -0.4 is 5.73 Å². The van der Waals surface area contributed by atoms with Gasteiger partial charge in [0.05, 0.1) is 6.10 Å². The molecule has 2 aromatic rings. The third-order valence-electron chi connectivity index (χ3n) is 2.78. The number of anilines is 1. The maximum absolute atomic E-state index is 13.4. The first-order valence-corrected chi connectivity index (χ1v) is 5.54. The highest BCUT2D eigenvalue weighted by molar-refractivity contribution is 5.40. The van der Waals surface area contributed by atoms with Crippen molar-refractivity contribution in [1.29, 1.82) is 0 Å². The number of halogens is 2. The Morgan fingerprint density at radius 3 is 2.11 bits per heavy atom. The summed E-state index contributed by atoms with van der Waals surface area (Å²) in [5.41, 5.74) is 6.56. The Balaban J connectivity index is 2.21. The quantitative estimate of drug-likeness (QED) is 0.822. The predicted octanol–water partition coefficient (Wildman–Crippen LogP) is 2.82. The highest BCUT2D eigenvalue weighted by Gasteiger charge is 2.15. The molecule has 0 aliphatic heterocycles. The van der Waals surface area contributed by atoms with E-state index in [9.17, 15) is 13.9 Å². The van der Waals surface area contributed by atoms with Crippen LogP contribution in [0.25, 0.3) is 0 Å². The van der Waals surface area contributed by atoms with Gasteiger partial charge in [0.1, 0.15) is 11.6 Å². The Morgan fingerprint density at radius 2 is 1.56 bits per heavy atom. The van der Waals surface area contributed by atoms with Gasteiger partial charge in [0, 0.05) is 17.7 Å². The molecule has 0 heterocycles. The van der Waals surface area contributed by atoms with E-state index in [0.29, 0.717) is 11.3 Å². The summed E-state index contributed by atoms with van der Waals surface area (Å²) in [6.07, 6.45) is -1.07. The number of aliphatic hydroxyl groups is 1. The third kappa shape index (κ3) is 2.65. The molecule has 3 N–H and O–H groups in total. The van der Waals surface area contributed by atoms with E-state index in [4.69, 9.17) is 5.73 Å². The number of rotatable bonds is 3. The number of nitrogens with two attached hydrogens (primary N) is 1. The van der Waals surface area contributed by atoms with Crippen LogP contribution in [0.4, 0.5) is 14.5 Å². The highest BCUT2D eigenvalue weighted by atomic mass is 19.1. The molecule has 1 unspecified atom stereocenters. The summed E-state index contributed by atoms with van der Waals surface area (Å²) in [4.78, 5) is 0. The fourth-order valence-electron chi connectivity index (χ4n) is 1.76. The first kappa shape index (κ1) is 12.5. The van der Waals surface area contributed by atoms with Crippen molar-refractivity contribution in [3.63, 3.8) is 0 Å². The Labute approximate surface area is 104 Å². The molecule has 2 nitrogen and oxygen atoms in total. The van der Waals surface area contributed by atoms with Gasteiger partial charge in [-0.2, -0.15) is 0 Å². The Bertz CT molecular complexity index is 520. The minimum absolute atomic E-state index is 0.109. The first-order valence-electron chi connectivity index (χ1n) is 5.54. The molecule has 2 aromatic carbocycles. The zero-order valence-corrected chi connectivity index (χ0v) is 9.61. The molecule has 0 amide bonds. The van der Waals surface area contributed by atoms with Gasteiger partial charge in [-0.25, -0.2) is 8.78 Å². The molecule has 0 aliphatic carbocycles. The SMILES string of the molecule is Nc1ccc(C(O)Cc2c(F)cccc2F)cc1. The number of nitrogen functional groups attached to an aromatic ring is 1. The summed E-state index contributed by atoms with van der Waals surface area (Å²) < 4.78 is 26.8. The van der Waals surface area contributed by atoms with Crippen molar-refractivity contribution in [2.45, 2.75) is 12.5 Å². The molecule has 0 aromatic heterocycles. The second-order valence-corrected chi connectivity index (χ2v) is 4.09. The Morgan fingerprint density at radius 1 is 1.00 bits per heavy atom. The molecule has 0 bridgehead atoms. The molecule has 0 aliphatic rings. The van der Waals surface area contributed by atoms with Gasteiger partial charge < -0.3 is 10.8 Å². The van der Waals surface area contributed by atoms with Gasteiger partial charge in [-0.05, 0) is 29.8 Å². The second-order valence-electron chi connectivity index (χ2n) is 4.09. The van der Waals surface area contributed by atoms with Crippen molar-refractivity contribution in [3.05, 3.63) is 65.2 Å². The van der Waals surface area contributed by atoms with Crippen molar-refractivity contribution >= 4 is 5.69 Å². The van der Waals surface area contributed by atoms with Crippen LogP contribution in [0, 0.1) is 11.6 Å². The van der Waals surface area contributed by atoms with Gasteiger partial charge >= 0.3 is 0 Å². The van der Waals surface area contributed by atoms with Crippen molar-refractivity contribution in [2.75, 3.05) is 5.73 Å². The van der Waals surface area contributed by atoms with Crippen molar-refractivity contribution in [2.24, 2.45) is 0 Å². The van der Waals surface area contributed by atoms with E-state index in [1.54, 1.807) is 24.3 Å². The standard InChI is InChI=1S/C14H13F2NO/c15-12-2-1-3-13(16)11(12)8-14(18)9-4-6-10(17)7-5-9/h1-7,14,18H,8,17H2. The zero-order chi connectivity index (χ0) is 13.1. The molecule has 18 heavy (non-hydrogen) atoms. The predicted molar refractivity (Wildman–Crippen MR) is 65.9 cm³/mol. The molecule has 1 atom stereocenters. The lowest BCUT2D eigenvalue weighted by Crippen LogP contribution is -2.05. The number of aliphatic hydroxyl groups excluding tert-OH is 1. The molecular weight excluding hydrogens is 236 g/mol. The summed E-state index contributed by atoms with van der Waals surface area (Å²) in [5, 5.41) is 9.94. The smallest absolute Gasteiger partial charge is 0.129 e. The molecular formula is C14H13F2NO. The van der Waals surface area contributed by atoms with Crippen LogP contribution >= 0.6 is 0 Å². The normalized spacial score (nSPS) is 12.4. The molecule has 0 saturated carbocycles. The Hall–Kier alpha value is -1.94. The zero-order valence-electron chi connectivity index (χ0n) is 9.61. The van der Waals surface area contributed by atoms with Gasteiger partial charge in [0.15, 0.2) is 0 Å². The van der Waals surface area contributed by atoms with Gasteiger partial charge in [0.2, 0.25) is 0 Å². The summed E-state index contributed by atoms with van der Waals surface area (Å²) in [6, 6.07) is 10.2. The molecule has 4 heteroatoms. The topological polar surface area (TPSA) is 46.2 Å². The molecule has 0 spiro atoms. The van der Waals surface area contributed by atoms with Crippen LogP contribution in [0.15, 0.2) is 42.5 Å². The van der Waals surface area contributed by atoms with E-state index >= 15 is 0 Å². The van der Waals surface area contributed by atoms with E-state index in [2.05, 4.69) is 0 Å². The Kier molecular flexibility index (Phi) is 3.58. The fourth-order valence-corrected chi connectivity index (χ4v) is 1.76. The fraction of sp³-hybridized carbons (Fsp3) is 0.143. The largest absolute Gasteiger partial charge is 0.399 e. The minimum atomic E-state index is -0.961. The summed E-state index contributed by atoms with van der Waals surface area (Å²) >= 11 is 0. The molecule has 0 radical (unpaired) electrons. The number of hydrogen-bond donors (Lipinski definition) is 2. The van der Waals surface area contributed by atoms with Crippen molar-refractivity contribution in [3.8, 4) is 0 Å². The number of benzene rings is 2. The minimum Gasteiger partial charge on any atom is -0.399 e. The second kappa shape index (κ2) is 5.14. The summed E-state index contributed by atoms with van der Waals surface area (Å²) in [7, 11) is 0. The molecule has 0 saturated heterocycles. The van der Waals surface area contributed by atoms with Crippen LogP contribution in [-0.2, 0) is 6.42 Å². The lowest BCUT2D eigenvalue weighted by atomic mass is 10.0. The van der Waals surface area contributed by atoms with Crippen molar-refractivity contribution < 1.29 is 13.9 Å². The van der Waals surface area contributed by atoms with Gasteiger partial charge in [0.25, 0.3) is 0 Å². The van der Waals surface area contributed by atoms with E-state index in [0.717, 1.165) is 0 Å². The summed E-state index contributed by atoms with van der Waals surface area (Å²) in [5.74, 6) is -1.30. The number of hydrogen-bond acceptors (Lipinski definition) is 2. The first-order chi connectivity index (χ1) is 8.58. The van der Waals surface area contributed by atoms with Crippen LogP contribution in [0.2, 0.25) is 0 Å². The van der Waals surface area contributed by atoms with Crippen LogP contribution in [0.3, 0.4) is 0 Å². The monoisotopic (exact) mass is 249 g/mol. The average molecular weight is 249 g/mol. The maximum atomic E-state index is 13.4. The summed E-state index contributed by atoms with van der Waals surface area (Å²) in [6.45, 7) is 0. The highest BCUT2D eigenvalue weighted by Crippen LogP contribution is 2.22. The molecule has 94 valence electrons. The lowest BCUT2D eigenvalue weighted by Gasteiger charge is -2.12.